The van der Waals surface area contributed by atoms with Crippen molar-refractivity contribution in [2.24, 2.45) is 111 Å². The average Bonchev–Trinajstić information content (AvgIpc) is 3.58. The van der Waals surface area contributed by atoms with E-state index in [0.717, 1.165) is 101 Å². The largest absolute Gasteiger partial charge is 0.0651 e. The minimum Gasteiger partial charge on any atom is -0.0651 e. The molecule has 0 aromatic heterocycles. The van der Waals surface area contributed by atoms with Gasteiger partial charge in [0.25, 0.3) is 0 Å². The molecule has 0 N–H and O–H groups in total. The average molecular weight is 659 g/mol. The third-order valence-corrected chi connectivity index (χ3v) is 19.4. The summed E-state index contributed by atoms with van der Waals surface area (Å²) >= 11 is 0. The van der Waals surface area contributed by atoms with Gasteiger partial charge in [-0.25, -0.2) is 0 Å². The molecule has 15 atom stereocenters. The van der Waals surface area contributed by atoms with E-state index in [9.17, 15) is 0 Å². The Balaban J connectivity index is 1.21. The monoisotopic (exact) mass is 659 g/mol. The molecule has 0 nitrogen and oxygen atoms in total. The molecule has 0 aromatic rings. The van der Waals surface area contributed by atoms with E-state index in [1.165, 1.54) is 32.1 Å². The van der Waals surface area contributed by atoms with Gasteiger partial charge in [0, 0.05) is 0 Å². The summed E-state index contributed by atoms with van der Waals surface area (Å²) in [6.07, 6.45) is 34.7. The van der Waals surface area contributed by atoms with Crippen LogP contribution in [0.5, 0.6) is 0 Å². The highest BCUT2D eigenvalue weighted by molar-refractivity contribution is 5.18. The highest BCUT2D eigenvalue weighted by Gasteiger charge is 2.69. The zero-order chi connectivity index (χ0) is 33.4. The van der Waals surface area contributed by atoms with Crippen LogP contribution in [0.4, 0.5) is 0 Å². The van der Waals surface area contributed by atoms with Crippen LogP contribution in [-0.2, 0) is 0 Å². The summed E-state index contributed by atoms with van der Waals surface area (Å²) in [6.45, 7) is 18.0. The first-order chi connectivity index (χ1) is 23.2. The zero-order valence-corrected chi connectivity index (χ0v) is 33.4. The molecule has 0 saturated heterocycles. The molecule has 0 aromatic carbocycles. The SMILES string of the molecule is CCC(CC)C1CC(C(CC)CC)CC2(C1)C1CC3CCCCC3CC1C1C3C(CCC12)CC1C(CC(C)(C)C)CC2CCCCC2C13. The van der Waals surface area contributed by atoms with Crippen LogP contribution in [0.15, 0.2) is 0 Å². The number of hydrogen-bond donors (Lipinski definition) is 0. The lowest BCUT2D eigenvalue weighted by Crippen LogP contribution is -2.48. The van der Waals surface area contributed by atoms with Gasteiger partial charge in [-0.2, -0.15) is 0 Å². The minimum absolute atomic E-state index is 0.491. The maximum absolute atomic E-state index is 2.58. The molecule has 0 heterocycles. The fourth-order valence-electron chi connectivity index (χ4n) is 18.1. The Morgan fingerprint density at radius 3 is 1.71 bits per heavy atom. The van der Waals surface area contributed by atoms with Crippen LogP contribution in [0.25, 0.3) is 0 Å². The summed E-state index contributed by atoms with van der Waals surface area (Å²) in [7, 11) is 0. The molecular formula is C48H82. The lowest BCUT2D eigenvalue weighted by atomic mass is 9.49. The highest BCUT2D eigenvalue weighted by Crippen LogP contribution is 2.76. The number of hydrogen-bond acceptors (Lipinski definition) is 0. The third-order valence-electron chi connectivity index (χ3n) is 19.4. The minimum atomic E-state index is 0.491. The van der Waals surface area contributed by atoms with Gasteiger partial charge in [-0.05, 0) is 182 Å². The first-order valence-electron chi connectivity index (χ1n) is 23.2. The van der Waals surface area contributed by atoms with E-state index in [4.69, 9.17) is 0 Å². The van der Waals surface area contributed by atoms with Crippen molar-refractivity contribution in [3.63, 3.8) is 0 Å². The predicted molar refractivity (Wildman–Crippen MR) is 205 cm³/mol. The van der Waals surface area contributed by atoms with Gasteiger partial charge >= 0.3 is 0 Å². The molecule has 0 radical (unpaired) electrons. The molecule has 15 unspecified atom stereocenters. The Hall–Kier alpha value is 0. The van der Waals surface area contributed by atoms with Crippen molar-refractivity contribution < 1.29 is 0 Å². The molecule has 1 spiro atoms. The van der Waals surface area contributed by atoms with Gasteiger partial charge < -0.3 is 0 Å². The molecule has 8 aliphatic carbocycles. The molecule has 8 saturated carbocycles. The fourth-order valence-corrected chi connectivity index (χ4v) is 18.1. The Kier molecular flexibility index (Phi) is 10.1. The summed E-state index contributed by atoms with van der Waals surface area (Å²) in [5, 5.41) is 0. The topological polar surface area (TPSA) is 0 Å². The van der Waals surface area contributed by atoms with E-state index in [0.29, 0.717) is 10.8 Å². The van der Waals surface area contributed by atoms with Gasteiger partial charge in [0.05, 0.1) is 0 Å². The molecule has 0 heteroatoms. The van der Waals surface area contributed by atoms with Crippen LogP contribution in [0.1, 0.15) is 190 Å². The van der Waals surface area contributed by atoms with Gasteiger partial charge in [0.1, 0.15) is 0 Å². The maximum atomic E-state index is 2.58. The van der Waals surface area contributed by atoms with Crippen LogP contribution in [0, 0.1) is 111 Å². The maximum Gasteiger partial charge on any atom is -0.0230 e. The standard InChI is InChI=1S/C48H82/c1-8-30(9-2)36-23-37(31(10-3)11-4)29-48(28-36)42-21-20-35-25-40-38(27-47(5,6)7)22-34-18-14-15-19-39(34)45(40)44(35)46(42)41-24-32-16-12-13-17-33(32)26-43(41)48/h30-46H,8-29H2,1-7H3. The Labute approximate surface area is 300 Å². The van der Waals surface area contributed by atoms with E-state index in [1.807, 2.05) is 0 Å². The lowest BCUT2D eigenvalue weighted by molar-refractivity contribution is -0.0684. The van der Waals surface area contributed by atoms with Crippen LogP contribution in [0.2, 0.25) is 0 Å². The van der Waals surface area contributed by atoms with Gasteiger partial charge in [-0.15, -0.1) is 0 Å². The number of fused-ring (bicyclic) bond motifs is 12. The quantitative estimate of drug-likeness (QED) is 0.255. The van der Waals surface area contributed by atoms with Gasteiger partial charge in [0.15, 0.2) is 0 Å². The van der Waals surface area contributed by atoms with Crippen molar-refractivity contribution >= 4 is 0 Å². The van der Waals surface area contributed by atoms with Crippen molar-refractivity contribution in [2.45, 2.75) is 190 Å². The summed E-state index contributed by atoms with van der Waals surface area (Å²) in [4.78, 5) is 0. The molecule has 8 aliphatic rings. The van der Waals surface area contributed by atoms with Crippen LogP contribution >= 0.6 is 0 Å². The van der Waals surface area contributed by atoms with Gasteiger partial charge in [-0.1, -0.05) is 119 Å². The highest BCUT2D eigenvalue weighted by atomic mass is 14.7. The second-order valence-electron chi connectivity index (χ2n) is 22.1. The van der Waals surface area contributed by atoms with E-state index >= 15 is 0 Å². The van der Waals surface area contributed by atoms with Crippen LogP contribution < -0.4 is 0 Å². The lowest BCUT2D eigenvalue weighted by Gasteiger charge is -2.56. The molecule has 0 bridgehead atoms. The molecule has 8 rings (SSSR count). The predicted octanol–water partition coefficient (Wildman–Crippen LogP) is 14.3. The first-order valence-corrected chi connectivity index (χ1v) is 23.2. The van der Waals surface area contributed by atoms with Crippen molar-refractivity contribution in [1.29, 1.82) is 0 Å². The van der Waals surface area contributed by atoms with E-state index < -0.39 is 0 Å². The van der Waals surface area contributed by atoms with Crippen molar-refractivity contribution in [3.8, 4) is 0 Å². The fraction of sp³-hybridized carbons (Fsp3) is 1.00. The molecular weight excluding hydrogens is 577 g/mol. The molecule has 8 fully saturated rings. The van der Waals surface area contributed by atoms with Gasteiger partial charge in [-0.3, -0.25) is 0 Å². The van der Waals surface area contributed by atoms with Crippen LogP contribution in [0.3, 0.4) is 0 Å². The summed E-state index contributed by atoms with van der Waals surface area (Å²) in [5.41, 5.74) is 1.19. The van der Waals surface area contributed by atoms with Crippen molar-refractivity contribution in [1.82, 2.24) is 0 Å². The summed E-state index contributed by atoms with van der Waals surface area (Å²) in [6, 6.07) is 0. The molecule has 48 heavy (non-hydrogen) atoms. The first kappa shape index (κ1) is 35.1. The Morgan fingerprint density at radius 2 is 1.08 bits per heavy atom. The van der Waals surface area contributed by atoms with E-state index in [-0.39, 0.29) is 0 Å². The smallest absolute Gasteiger partial charge is 0.0230 e. The van der Waals surface area contributed by atoms with Crippen LogP contribution in [-0.4, -0.2) is 0 Å². The van der Waals surface area contributed by atoms with Crippen molar-refractivity contribution in [3.05, 3.63) is 0 Å². The second kappa shape index (κ2) is 13.8. The Morgan fingerprint density at radius 1 is 0.500 bits per heavy atom. The second-order valence-corrected chi connectivity index (χ2v) is 22.1. The molecule has 0 aliphatic heterocycles. The number of rotatable bonds is 7. The molecule has 0 amide bonds. The Bertz CT molecular complexity index is 1050. The summed E-state index contributed by atoms with van der Waals surface area (Å²) in [5.74, 6) is 18.2. The zero-order valence-electron chi connectivity index (χ0n) is 33.4. The van der Waals surface area contributed by atoms with Crippen molar-refractivity contribution in [2.75, 3.05) is 0 Å². The molecule has 274 valence electrons. The van der Waals surface area contributed by atoms with E-state index in [2.05, 4.69) is 48.5 Å². The van der Waals surface area contributed by atoms with E-state index in [1.54, 1.807) is 109 Å². The van der Waals surface area contributed by atoms with Gasteiger partial charge in [0.2, 0.25) is 0 Å². The summed E-state index contributed by atoms with van der Waals surface area (Å²) < 4.78 is 0. The normalized spacial score (nSPS) is 50.1. The third kappa shape index (κ3) is 5.87.